The van der Waals surface area contributed by atoms with Crippen LogP contribution in [0.3, 0.4) is 0 Å². The van der Waals surface area contributed by atoms with Crippen molar-refractivity contribution in [2.75, 3.05) is 6.54 Å². The zero-order valence-corrected chi connectivity index (χ0v) is 13.2. The molecular formula is C12H19BrN4S. The van der Waals surface area contributed by atoms with Gasteiger partial charge in [0.2, 0.25) is 0 Å². The van der Waals surface area contributed by atoms with Crippen LogP contribution in [-0.4, -0.2) is 32.3 Å². The molecule has 0 bridgehead atoms. The van der Waals surface area contributed by atoms with E-state index in [4.69, 9.17) is 18.0 Å². The molecule has 1 fully saturated rings. The van der Waals surface area contributed by atoms with Gasteiger partial charge in [-0.2, -0.15) is 5.10 Å². The van der Waals surface area contributed by atoms with Crippen molar-refractivity contribution in [2.24, 2.45) is 12.8 Å². The maximum atomic E-state index is 5.60. The van der Waals surface area contributed by atoms with Gasteiger partial charge in [0.15, 0.2) is 0 Å². The Kier molecular flexibility index (Phi) is 4.40. The Hall–Kier alpha value is -0.460. The zero-order chi connectivity index (χ0) is 13.3. The van der Waals surface area contributed by atoms with E-state index in [1.54, 1.807) is 0 Å². The van der Waals surface area contributed by atoms with Gasteiger partial charge in [-0.3, -0.25) is 9.58 Å². The lowest BCUT2D eigenvalue weighted by Gasteiger charge is -2.22. The van der Waals surface area contributed by atoms with Gasteiger partial charge >= 0.3 is 0 Å². The Morgan fingerprint density at radius 1 is 1.61 bits per heavy atom. The van der Waals surface area contributed by atoms with E-state index in [2.05, 4.69) is 25.9 Å². The Bertz CT molecular complexity index is 453. The van der Waals surface area contributed by atoms with Gasteiger partial charge in [0.25, 0.3) is 0 Å². The number of nitrogens with two attached hydrogens (primary N) is 1. The Morgan fingerprint density at radius 2 is 2.28 bits per heavy atom. The summed E-state index contributed by atoms with van der Waals surface area (Å²) in [6, 6.07) is 0.696. The predicted octanol–water partition coefficient (Wildman–Crippen LogP) is 2.13. The van der Waals surface area contributed by atoms with E-state index in [-0.39, 0.29) is 0 Å². The molecule has 2 N–H and O–H groups in total. The maximum absolute atomic E-state index is 5.60. The van der Waals surface area contributed by atoms with Crippen LogP contribution >= 0.6 is 28.1 Å². The van der Waals surface area contributed by atoms with Gasteiger partial charge in [-0.15, -0.1) is 0 Å². The fourth-order valence-corrected chi connectivity index (χ4v) is 2.68. The van der Waals surface area contributed by atoms with Gasteiger partial charge in [0.05, 0.1) is 20.8 Å². The first kappa shape index (κ1) is 14.0. The molecule has 0 radical (unpaired) electrons. The average Bonchev–Trinajstić information content (AvgIpc) is 3.08. The number of aromatic nitrogens is 2. The number of nitrogens with zero attached hydrogens (tertiary/aromatic N) is 3. The standard InChI is InChI=1S/C12H19BrN4S/c1-8-12(13)10(16(2)15-8)7-17(9-3-4-9)6-5-11(14)18/h9H,3-7H2,1-2H3,(H2,14,18). The van der Waals surface area contributed by atoms with Gasteiger partial charge < -0.3 is 5.73 Å². The Labute approximate surface area is 122 Å². The molecule has 18 heavy (non-hydrogen) atoms. The minimum atomic E-state index is 0.598. The maximum Gasteiger partial charge on any atom is 0.0740 e. The number of hydrogen-bond acceptors (Lipinski definition) is 3. The molecule has 0 spiro atoms. The summed E-state index contributed by atoms with van der Waals surface area (Å²) in [5.74, 6) is 0. The molecule has 0 amide bonds. The van der Waals surface area contributed by atoms with E-state index in [0.717, 1.165) is 29.7 Å². The molecule has 0 aliphatic heterocycles. The normalized spacial score (nSPS) is 15.3. The second-order valence-corrected chi connectivity index (χ2v) is 6.21. The summed E-state index contributed by atoms with van der Waals surface area (Å²) in [5, 5.41) is 4.43. The van der Waals surface area contributed by atoms with Gasteiger partial charge in [-0.25, -0.2) is 0 Å². The van der Waals surface area contributed by atoms with Crippen molar-refractivity contribution >= 4 is 33.1 Å². The van der Waals surface area contributed by atoms with Crippen molar-refractivity contribution in [2.45, 2.75) is 38.8 Å². The first-order chi connectivity index (χ1) is 8.49. The molecule has 6 heteroatoms. The molecule has 1 aliphatic carbocycles. The number of rotatable bonds is 6. The monoisotopic (exact) mass is 330 g/mol. The summed E-state index contributed by atoms with van der Waals surface area (Å²) >= 11 is 8.58. The van der Waals surface area contributed by atoms with Crippen molar-refractivity contribution in [3.8, 4) is 0 Å². The van der Waals surface area contributed by atoms with Gasteiger partial charge in [-0.1, -0.05) is 12.2 Å². The van der Waals surface area contributed by atoms with Gasteiger partial charge in [-0.05, 0) is 35.7 Å². The lowest BCUT2D eigenvalue weighted by atomic mass is 10.3. The summed E-state index contributed by atoms with van der Waals surface area (Å²) < 4.78 is 3.07. The summed E-state index contributed by atoms with van der Waals surface area (Å²) in [6.07, 6.45) is 3.36. The van der Waals surface area contributed by atoms with Crippen LogP contribution in [0.1, 0.15) is 30.7 Å². The molecule has 1 aromatic heterocycles. The molecule has 1 saturated carbocycles. The Balaban J connectivity index is 2.06. The van der Waals surface area contributed by atoms with Crippen molar-refractivity contribution in [1.29, 1.82) is 0 Å². The number of hydrogen-bond donors (Lipinski definition) is 1. The first-order valence-electron chi connectivity index (χ1n) is 6.19. The topological polar surface area (TPSA) is 47.1 Å². The third kappa shape index (κ3) is 3.30. The van der Waals surface area contributed by atoms with E-state index in [9.17, 15) is 0 Å². The van der Waals surface area contributed by atoms with E-state index in [1.807, 2.05) is 18.7 Å². The molecular weight excluding hydrogens is 312 g/mol. The highest BCUT2D eigenvalue weighted by Crippen LogP contribution is 2.30. The summed E-state index contributed by atoms with van der Waals surface area (Å²) in [4.78, 5) is 3.06. The fraction of sp³-hybridized carbons (Fsp3) is 0.667. The van der Waals surface area contributed by atoms with E-state index in [1.165, 1.54) is 18.5 Å². The molecule has 0 atom stereocenters. The minimum absolute atomic E-state index is 0.598. The van der Waals surface area contributed by atoms with Crippen LogP contribution < -0.4 is 5.73 Å². The Morgan fingerprint density at radius 3 is 2.72 bits per heavy atom. The highest BCUT2D eigenvalue weighted by Gasteiger charge is 2.30. The zero-order valence-electron chi connectivity index (χ0n) is 10.8. The van der Waals surface area contributed by atoms with Crippen molar-refractivity contribution in [3.63, 3.8) is 0 Å². The molecule has 1 heterocycles. The average molecular weight is 331 g/mol. The summed E-state index contributed by atoms with van der Waals surface area (Å²) in [7, 11) is 1.99. The van der Waals surface area contributed by atoms with E-state index in [0.29, 0.717) is 11.0 Å². The van der Waals surface area contributed by atoms with Crippen LogP contribution in [0, 0.1) is 6.92 Å². The molecule has 4 nitrogen and oxygen atoms in total. The minimum Gasteiger partial charge on any atom is -0.393 e. The summed E-state index contributed by atoms with van der Waals surface area (Å²) in [6.45, 7) is 3.87. The van der Waals surface area contributed by atoms with Crippen LogP contribution in [0.5, 0.6) is 0 Å². The third-order valence-electron chi connectivity index (χ3n) is 3.32. The van der Waals surface area contributed by atoms with Crippen molar-refractivity contribution < 1.29 is 0 Å². The number of halogens is 1. The lowest BCUT2D eigenvalue weighted by molar-refractivity contribution is 0.255. The molecule has 0 saturated heterocycles. The third-order valence-corrected chi connectivity index (χ3v) is 4.56. The number of thiocarbonyl (C=S) groups is 1. The van der Waals surface area contributed by atoms with Crippen molar-refractivity contribution in [1.82, 2.24) is 14.7 Å². The van der Waals surface area contributed by atoms with Gasteiger partial charge in [0, 0.05) is 32.6 Å². The van der Waals surface area contributed by atoms with Crippen molar-refractivity contribution in [3.05, 3.63) is 15.9 Å². The quantitative estimate of drug-likeness (QED) is 0.812. The second kappa shape index (κ2) is 5.67. The van der Waals surface area contributed by atoms with Crippen LogP contribution in [0.25, 0.3) is 0 Å². The lowest BCUT2D eigenvalue weighted by Crippen LogP contribution is -2.30. The van der Waals surface area contributed by atoms with Gasteiger partial charge in [0.1, 0.15) is 0 Å². The molecule has 1 aromatic rings. The highest BCUT2D eigenvalue weighted by molar-refractivity contribution is 9.10. The predicted molar refractivity (Wildman–Crippen MR) is 80.5 cm³/mol. The number of aryl methyl sites for hydroxylation is 2. The smallest absolute Gasteiger partial charge is 0.0740 e. The van der Waals surface area contributed by atoms with E-state index < -0.39 is 0 Å². The molecule has 100 valence electrons. The fourth-order valence-electron chi connectivity index (χ4n) is 2.13. The van der Waals surface area contributed by atoms with Crippen LogP contribution in [0.15, 0.2) is 4.47 Å². The van der Waals surface area contributed by atoms with Crippen LogP contribution in [0.4, 0.5) is 0 Å². The van der Waals surface area contributed by atoms with Crippen LogP contribution in [-0.2, 0) is 13.6 Å². The molecule has 0 aromatic carbocycles. The highest BCUT2D eigenvalue weighted by atomic mass is 79.9. The largest absolute Gasteiger partial charge is 0.393 e. The van der Waals surface area contributed by atoms with Crippen LogP contribution in [0.2, 0.25) is 0 Å². The molecule has 0 unspecified atom stereocenters. The van der Waals surface area contributed by atoms with E-state index >= 15 is 0 Å². The second-order valence-electron chi connectivity index (χ2n) is 4.89. The first-order valence-corrected chi connectivity index (χ1v) is 7.39. The molecule has 1 aliphatic rings. The molecule has 2 rings (SSSR count). The summed E-state index contributed by atoms with van der Waals surface area (Å²) in [5.41, 5.74) is 7.86. The SMILES string of the molecule is Cc1nn(C)c(CN(CCC(N)=S)C2CC2)c1Br.